The molecule has 5 nitrogen and oxygen atoms in total. The third-order valence-corrected chi connectivity index (χ3v) is 7.34. The van der Waals surface area contributed by atoms with Gasteiger partial charge in [0.25, 0.3) is 5.91 Å². The van der Waals surface area contributed by atoms with Gasteiger partial charge in [0.2, 0.25) is 9.84 Å². The van der Waals surface area contributed by atoms with Crippen molar-refractivity contribution in [2.45, 2.75) is 9.79 Å². The van der Waals surface area contributed by atoms with Crippen molar-refractivity contribution in [1.82, 2.24) is 0 Å². The molecule has 29 heavy (non-hydrogen) atoms. The van der Waals surface area contributed by atoms with Gasteiger partial charge in [-0.15, -0.1) is 0 Å². The molecule has 1 amide bonds. The van der Waals surface area contributed by atoms with E-state index in [9.17, 15) is 18.0 Å². The van der Waals surface area contributed by atoms with Crippen LogP contribution in [-0.2, 0) is 9.84 Å². The van der Waals surface area contributed by atoms with E-state index >= 15 is 0 Å². The Labute approximate surface area is 181 Å². The van der Waals surface area contributed by atoms with Gasteiger partial charge in [-0.3, -0.25) is 9.59 Å². The maximum absolute atomic E-state index is 13.0. The van der Waals surface area contributed by atoms with Crippen LogP contribution < -0.4 is 5.32 Å². The summed E-state index contributed by atoms with van der Waals surface area (Å²) in [7, 11) is -3.95. The number of sulfone groups is 1. The van der Waals surface area contributed by atoms with E-state index in [1.165, 1.54) is 48.5 Å². The molecule has 0 saturated carbocycles. The lowest BCUT2D eigenvalue weighted by atomic mass is 10.0. The van der Waals surface area contributed by atoms with Crippen LogP contribution in [0.2, 0.25) is 15.1 Å². The Morgan fingerprint density at radius 2 is 1.45 bits per heavy atom. The third-order valence-electron chi connectivity index (χ3n) is 4.46. The van der Waals surface area contributed by atoms with Crippen molar-refractivity contribution in [1.29, 1.82) is 0 Å². The smallest absolute Gasteiger partial charge is 0.255 e. The van der Waals surface area contributed by atoms with Crippen LogP contribution in [-0.4, -0.2) is 20.1 Å². The van der Waals surface area contributed by atoms with Crippen molar-refractivity contribution in [2.75, 3.05) is 5.32 Å². The minimum atomic E-state index is -3.95. The Bertz CT molecular complexity index is 1320. The molecule has 0 spiro atoms. The fourth-order valence-electron chi connectivity index (χ4n) is 3.04. The molecule has 0 unspecified atom stereocenters. The SMILES string of the molecule is O=C(Nc1cc(Cl)c(Cl)cc1Cl)c1ccc2c(c1)S(=O)(=O)c1ccccc1C2=O. The Hall–Kier alpha value is -2.38. The van der Waals surface area contributed by atoms with E-state index in [2.05, 4.69) is 5.32 Å². The van der Waals surface area contributed by atoms with E-state index < -0.39 is 21.5 Å². The molecule has 0 saturated heterocycles. The van der Waals surface area contributed by atoms with Crippen molar-refractivity contribution < 1.29 is 18.0 Å². The molecule has 9 heteroatoms. The minimum absolute atomic E-state index is 0.0211. The van der Waals surface area contributed by atoms with Gasteiger partial charge in [-0.2, -0.15) is 0 Å². The second kappa shape index (κ2) is 7.15. The highest BCUT2D eigenvalue weighted by Gasteiger charge is 2.35. The number of carbonyl (C=O) groups is 2. The van der Waals surface area contributed by atoms with E-state index in [4.69, 9.17) is 34.8 Å². The summed E-state index contributed by atoms with van der Waals surface area (Å²) in [5.74, 6) is -1.03. The minimum Gasteiger partial charge on any atom is -0.321 e. The number of carbonyl (C=O) groups excluding carboxylic acids is 2. The Morgan fingerprint density at radius 3 is 2.21 bits per heavy atom. The first kappa shape index (κ1) is 19.9. The van der Waals surface area contributed by atoms with Crippen molar-refractivity contribution in [3.8, 4) is 0 Å². The molecule has 0 atom stereocenters. The van der Waals surface area contributed by atoms with Gasteiger partial charge in [0, 0.05) is 16.7 Å². The quantitative estimate of drug-likeness (QED) is 0.408. The first-order valence-electron chi connectivity index (χ1n) is 8.19. The fraction of sp³-hybridized carbons (Fsp3) is 0. The number of fused-ring (bicyclic) bond motifs is 2. The second-order valence-corrected chi connectivity index (χ2v) is 9.35. The van der Waals surface area contributed by atoms with E-state index in [-0.39, 0.29) is 47.2 Å². The number of hydrogen-bond acceptors (Lipinski definition) is 4. The Balaban J connectivity index is 1.76. The zero-order valence-corrected chi connectivity index (χ0v) is 17.5. The number of rotatable bonds is 2. The molecule has 1 aliphatic heterocycles. The normalized spacial score (nSPS) is 14.1. The van der Waals surface area contributed by atoms with E-state index in [0.29, 0.717) is 0 Å². The summed E-state index contributed by atoms with van der Waals surface area (Å²) < 4.78 is 25.9. The summed E-state index contributed by atoms with van der Waals surface area (Å²) in [5.41, 5.74) is 0.391. The van der Waals surface area contributed by atoms with Crippen molar-refractivity contribution in [3.05, 3.63) is 86.4 Å². The summed E-state index contributed by atoms with van der Waals surface area (Å²) in [4.78, 5) is 25.0. The van der Waals surface area contributed by atoms with Crippen LogP contribution in [0.25, 0.3) is 0 Å². The Morgan fingerprint density at radius 1 is 0.793 bits per heavy atom. The maximum atomic E-state index is 13.0. The number of hydrogen-bond donors (Lipinski definition) is 1. The van der Waals surface area contributed by atoms with Crippen LogP contribution in [0.3, 0.4) is 0 Å². The molecule has 0 radical (unpaired) electrons. The molecule has 146 valence electrons. The van der Waals surface area contributed by atoms with Crippen LogP contribution >= 0.6 is 34.8 Å². The van der Waals surface area contributed by atoms with E-state index in [1.807, 2.05) is 0 Å². The average molecular weight is 467 g/mol. The lowest BCUT2D eigenvalue weighted by molar-refractivity contribution is 0.101. The second-order valence-electron chi connectivity index (χ2n) is 6.24. The average Bonchev–Trinajstić information content (AvgIpc) is 2.70. The summed E-state index contributed by atoms with van der Waals surface area (Å²) in [6, 6.07) is 12.6. The van der Waals surface area contributed by atoms with Crippen LogP contribution in [0, 0.1) is 0 Å². The third kappa shape index (κ3) is 3.32. The lowest BCUT2D eigenvalue weighted by Gasteiger charge is -2.19. The van der Waals surface area contributed by atoms with Gasteiger partial charge in [-0.1, -0.05) is 46.9 Å². The zero-order chi connectivity index (χ0) is 20.9. The molecule has 1 aliphatic rings. The number of benzene rings is 3. The largest absolute Gasteiger partial charge is 0.321 e. The molecule has 3 aromatic rings. The van der Waals surface area contributed by atoms with Crippen LogP contribution in [0.5, 0.6) is 0 Å². The summed E-state index contributed by atoms with van der Waals surface area (Å²) in [6.45, 7) is 0. The van der Waals surface area contributed by atoms with Crippen molar-refractivity contribution >= 4 is 62.0 Å². The summed E-state index contributed by atoms with van der Waals surface area (Å²) >= 11 is 17.9. The van der Waals surface area contributed by atoms with Gasteiger partial charge < -0.3 is 5.32 Å². The molecular weight excluding hydrogens is 457 g/mol. The van der Waals surface area contributed by atoms with Crippen molar-refractivity contribution in [3.63, 3.8) is 0 Å². The molecule has 1 N–H and O–H groups in total. The molecule has 3 aromatic carbocycles. The molecule has 0 aliphatic carbocycles. The molecule has 0 fully saturated rings. The number of ketones is 1. The van der Waals surface area contributed by atoms with Gasteiger partial charge in [0.05, 0.1) is 30.5 Å². The topological polar surface area (TPSA) is 80.3 Å². The standard InChI is InChI=1S/C20H10Cl3NO4S/c21-13-8-15(23)16(9-14(13)22)24-20(26)10-5-6-12-18(7-10)29(27,28)17-4-2-1-3-11(17)19(12)25/h1-9H,(H,24,26). The fourth-order valence-corrected chi connectivity index (χ4v) is 5.31. The zero-order valence-electron chi connectivity index (χ0n) is 14.4. The maximum Gasteiger partial charge on any atom is 0.255 e. The van der Waals surface area contributed by atoms with Gasteiger partial charge in [0.1, 0.15) is 0 Å². The van der Waals surface area contributed by atoms with Crippen LogP contribution in [0.1, 0.15) is 26.3 Å². The molecule has 4 rings (SSSR count). The predicted octanol–water partition coefficient (Wildman–Crippen LogP) is 5.28. The molecular formula is C20H10Cl3NO4S. The van der Waals surface area contributed by atoms with Gasteiger partial charge >= 0.3 is 0 Å². The highest BCUT2D eigenvalue weighted by molar-refractivity contribution is 7.91. The monoisotopic (exact) mass is 465 g/mol. The number of halogens is 3. The van der Waals surface area contributed by atoms with Gasteiger partial charge in [-0.05, 0) is 42.5 Å². The number of anilines is 1. The first-order valence-corrected chi connectivity index (χ1v) is 10.8. The number of amides is 1. The van der Waals surface area contributed by atoms with Gasteiger partial charge in [-0.25, -0.2) is 8.42 Å². The van der Waals surface area contributed by atoms with Crippen LogP contribution in [0.15, 0.2) is 64.4 Å². The number of nitrogens with one attached hydrogen (secondary N) is 1. The highest BCUT2D eigenvalue weighted by atomic mass is 35.5. The van der Waals surface area contributed by atoms with Gasteiger partial charge in [0.15, 0.2) is 5.78 Å². The highest BCUT2D eigenvalue weighted by Crippen LogP contribution is 2.36. The summed E-state index contributed by atoms with van der Waals surface area (Å²) in [5, 5.41) is 3.16. The van der Waals surface area contributed by atoms with Crippen LogP contribution in [0.4, 0.5) is 5.69 Å². The van der Waals surface area contributed by atoms with E-state index in [1.54, 1.807) is 6.07 Å². The lowest BCUT2D eigenvalue weighted by Crippen LogP contribution is -2.21. The first-order chi connectivity index (χ1) is 13.7. The molecule has 1 heterocycles. The Kier molecular flexibility index (Phi) is 4.91. The molecule has 0 aromatic heterocycles. The van der Waals surface area contributed by atoms with E-state index in [0.717, 1.165) is 0 Å². The van der Waals surface area contributed by atoms with Crippen molar-refractivity contribution in [2.24, 2.45) is 0 Å². The molecule has 0 bridgehead atoms. The summed E-state index contributed by atoms with van der Waals surface area (Å²) in [6.07, 6.45) is 0. The predicted molar refractivity (Wildman–Crippen MR) is 111 cm³/mol.